The number of nitrogens with one attached hydrogen (secondary N) is 4. The fourth-order valence-corrected chi connectivity index (χ4v) is 11.3. The number of guanidine groups is 1. The molecule has 0 saturated carbocycles. The summed E-state index contributed by atoms with van der Waals surface area (Å²) in [7, 11) is -6.95. The maximum absolute atomic E-state index is 13.0. The van der Waals surface area contributed by atoms with E-state index in [-0.39, 0.29) is 17.3 Å². The number of nitrogens with zero attached hydrogens (tertiary/aromatic N) is 1. The molecule has 13 heteroatoms. The van der Waals surface area contributed by atoms with Crippen LogP contribution in [-0.2, 0) is 32.5 Å². The summed E-state index contributed by atoms with van der Waals surface area (Å²) in [6, 6.07) is 28.4. The van der Waals surface area contributed by atoms with Crippen LogP contribution in [0.2, 0.25) is 0 Å². The summed E-state index contributed by atoms with van der Waals surface area (Å²) in [5, 5.41) is 13.6. The molecule has 2 heterocycles. The van der Waals surface area contributed by atoms with E-state index in [0.29, 0.717) is 37.0 Å². The first-order valence-electron chi connectivity index (χ1n) is 21.2. The summed E-state index contributed by atoms with van der Waals surface area (Å²) in [4.78, 5) is 6.04. The number of hydrogen-bond acceptors (Lipinski definition) is 11. The molecule has 4 aromatic rings. The van der Waals surface area contributed by atoms with Crippen LogP contribution >= 0.6 is 11.8 Å². The van der Waals surface area contributed by atoms with E-state index < -0.39 is 19.7 Å². The van der Waals surface area contributed by atoms with Crippen molar-refractivity contribution in [2.45, 2.75) is 103 Å². The average Bonchev–Trinajstić information content (AvgIpc) is 3.26. The lowest BCUT2D eigenvalue weighted by Crippen LogP contribution is -2.54. The van der Waals surface area contributed by atoms with Gasteiger partial charge in [-0.2, -0.15) is 0 Å². The molecule has 2 aliphatic carbocycles. The van der Waals surface area contributed by atoms with Gasteiger partial charge in [-0.3, -0.25) is 15.6 Å². The molecule has 2 aliphatic heterocycles. The second-order valence-corrected chi connectivity index (χ2v) is 22.7. The standard InChI is InChI=1S/C23H29N3O2S.C17H19NO2S.C7H16N2S/c1-23(2)15-25-22(26-16-23)24-14-18-8-6-7-17-11-12-20(13-21(17)18)29(27,28)19-9-4-3-5-10-19;18-12-14-6-4-5-13-9-10-16(11-17(13)14)21(19,20)15-7-2-1-3-8-15;1-7(2)4-8-6(10-3)9-5-7/h3-5,9-13,18H,6-8,14-16H2,1-2H3,(H2,24,25,26);1-3,7-11,14H,4-6,12,18H2;6,8-9H,4-5H2,1-3H3. The zero-order chi connectivity index (χ0) is 43.0. The first-order chi connectivity index (χ1) is 28.6. The second-order valence-electron chi connectivity index (χ2n) is 17.9. The van der Waals surface area contributed by atoms with Crippen molar-refractivity contribution in [2.75, 3.05) is 45.5 Å². The molecular weight excluding hydrogens is 809 g/mol. The lowest BCUT2D eigenvalue weighted by atomic mass is 9.83. The highest BCUT2D eigenvalue weighted by Crippen LogP contribution is 2.35. The van der Waals surface area contributed by atoms with Gasteiger partial charge in [-0.15, -0.1) is 11.8 Å². The van der Waals surface area contributed by atoms with Gasteiger partial charge in [0.05, 0.1) is 19.6 Å². The predicted octanol–water partition coefficient (Wildman–Crippen LogP) is 7.26. The highest BCUT2D eigenvalue weighted by Gasteiger charge is 2.28. The van der Waals surface area contributed by atoms with Crippen LogP contribution in [0.5, 0.6) is 0 Å². The van der Waals surface area contributed by atoms with Crippen molar-refractivity contribution >= 4 is 37.4 Å². The minimum Gasteiger partial charge on any atom is -0.356 e. The monoisotopic (exact) mass is 872 g/mol. The Bertz CT molecular complexity index is 2290. The molecule has 0 amide bonds. The number of aryl methyl sites for hydroxylation is 2. The lowest BCUT2D eigenvalue weighted by molar-refractivity contribution is 0.257. The van der Waals surface area contributed by atoms with Crippen molar-refractivity contribution < 1.29 is 16.8 Å². The predicted molar refractivity (Wildman–Crippen MR) is 246 cm³/mol. The molecule has 0 bridgehead atoms. The summed E-state index contributed by atoms with van der Waals surface area (Å²) in [6.07, 6.45) is 8.47. The molecule has 2 atom stereocenters. The minimum atomic E-state index is -3.50. The maximum Gasteiger partial charge on any atom is 0.206 e. The van der Waals surface area contributed by atoms with Crippen LogP contribution < -0.4 is 27.0 Å². The number of benzene rings is 4. The average molecular weight is 873 g/mol. The van der Waals surface area contributed by atoms with Crippen LogP contribution in [0, 0.1) is 10.8 Å². The highest BCUT2D eigenvalue weighted by molar-refractivity contribution is 7.99. The largest absolute Gasteiger partial charge is 0.356 e. The van der Waals surface area contributed by atoms with Gasteiger partial charge in [-0.05, 0) is 133 Å². The molecule has 8 rings (SSSR count). The Morgan fingerprint density at radius 3 is 1.65 bits per heavy atom. The minimum absolute atomic E-state index is 0.184. The number of sulfone groups is 2. The molecule has 10 nitrogen and oxygen atoms in total. The van der Waals surface area contributed by atoms with Crippen molar-refractivity contribution in [3.05, 3.63) is 119 Å². The Morgan fingerprint density at radius 1 is 0.683 bits per heavy atom. The van der Waals surface area contributed by atoms with Crippen LogP contribution in [0.15, 0.2) is 122 Å². The second kappa shape index (κ2) is 20.0. The Morgan fingerprint density at radius 2 is 1.18 bits per heavy atom. The molecule has 1 saturated heterocycles. The molecule has 6 N–H and O–H groups in total. The third-order valence-corrected chi connectivity index (χ3v) is 16.1. The lowest BCUT2D eigenvalue weighted by Gasteiger charge is -2.35. The van der Waals surface area contributed by atoms with Gasteiger partial charge in [0.2, 0.25) is 19.7 Å². The Hall–Kier alpha value is -3.72. The van der Waals surface area contributed by atoms with Crippen molar-refractivity contribution in [1.29, 1.82) is 0 Å². The van der Waals surface area contributed by atoms with E-state index in [0.717, 1.165) is 88.3 Å². The Balaban J connectivity index is 0.000000169. The van der Waals surface area contributed by atoms with Crippen molar-refractivity contribution in [1.82, 2.24) is 21.3 Å². The molecule has 0 spiro atoms. The van der Waals surface area contributed by atoms with E-state index >= 15 is 0 Å². The molecule has 0 aromatic heterocycles. The fraction of sp³-hybridized carbons (Fsp3) is 0.468. The van der Waals surface area contributed by atoms with Gasteiger partial charge in [0.1, 0.15) is 5.50 Å². The van der Waals surface area contributed by atoms with Crippen LogP contribution in [-0.4, -0.2) is 73.8 Å². The number of thioether (sulfide) groups is 1. The number of rotatable bonds is 8. The first kappa shape index (κ1) is 45.8. The van der Waals surface area contributed by atoms with Gasteiger partial charge in [-0.25, -0.2) is 16.8 Å². The van der Waals surface area contributed by atoms with Crippen molar-refractivity contribution in [2.24, 2.45) is 21.6 Å². The van der Waals surface area contributed by atoms with Gasteiger partial charge in [0.25, 0.3) is 0 Å². The summed E-state index contributed by atoms with van der Waals surface area (Å²) >= 11 is 1.82. The number of fused-ring (bicyclic) bond motifs is 2. The topological polar surface area (TPSA) is 155 Å². The van der Waals surface area contributed by atoms with Crippen LogP contribution in [0.4, 0.5) is 0 Å². The van der Waals surface area contributed by atoms with Gasteiger partial charge in [-0.1, -0.05) is 76.2 Å². The van der Waals surface area contributed by atoms with Crippen molar-refractivity contribution in [3.63, 3.8) is 0 Å². The molecule has 2 unspecified atom stereocenters. The molecule has 60 heavy (non-hydrogen) atoms. The Labute approximate surface area is 363 Å². The zero-order valence-corrected chi connectivity index (χ0v) is 38.3. The van der Waals surface area contributed by atoms with Crippen molar-refractivity contribution in [3.8, 4) is 0 Å². The quantitative estimate of drug-likeness (QED) is 0.122. The van der Waals surface area contributed by atoms with E-state index in [1.807, 2.05) is 48.2 Å². The van der Waals surface area contributed by atoms with E-state index in [2.05, 4.69) is 60.2 Å². The van der Waals surface area contributed by atoms with Gasteiger partial charge in [0.15, 0.2) is 5.96 Å². The third-order valence-electron chi connectivity index (χ3n) is 11.8. The fourth-order valence-electron chi connectivity index (χ4n) is 8.12. The molecule has 4 aromatic carbocycles. The maximum atomic E-state index is 13.0. The van der Waals surface area contributed by atoms with Gasteiger partial charge < -0.3 is 16.4 Å². The number of nitrogens with two attached hydrogens (primary N) is 1. The molecular formula is C47H64N6O4S3. The van der Waals surface area contributed by atoms with Crippen LogP contribution in [0.25, 0.3) is 0 Å². The smallest absolute Gasteiger partial charge is 0.206 e. The highest BCUT2D eigenvalue weighted by atomic mass is 32.2. The van der Waals surface area contributed by atoms with E-state index in [1.54, 1.807) is 60.7 Å². The van der Waals surface area contributed by atoms with Crippen LogP contribution in [0.3, 0.4) is 0 Å². The third kappa shape index (κ3) is 11.6. The normalized spacial score (nSPS) is 20.9. The van der Waals surface area contributed by atoms with Gasteiger partial charge >= 0.3 is 0 Å². The van der Waals surface area contributed by atoms with E-state index in [4.69, 9.17) is 5.73 Å². The number of aliphatic imine (C=N–C) groups is 1. The first-order valence-corrected chi connectivity index (χ1v) is 25.5. The SMILES string of the molecule is CC1(C)CN=C(NCC2CCCc3ccc(S(=O)(=O)c4ccccc4)cc32)NC1.CSC1NCC(C)(C)CN1.NCC1CCCc2ccc(S(=O)(=O)c3ccccc3)cc21. The summed E-state index contributed by atoms with van der Waals surface area (Å²) < 4.78 is 51.5. The molecule has 4 aliphatic rings. The van der Waals surface area contributed by atoms with Gasteiger partial charge in [0, 0.05) is 44.1 Å². The molecule has 324 valence electrons. The molecule has 1 fully saturated rings. The zero-order valence-electron chi connectivity index (χ0n) is 35.8. The Kier molecular flexibility index (Phi) is 15.3. The summed E-state index contributed by atoms with van der Waals surface area (Å²) in [5.74, 6) is 1.41. The van der Waals surface area contributed by atoms with E-state index in [9.17, 15) is 16.8 Å². The molecule has 0 radical (unpaired) electrons. The van der Waals surface area contributed by atoms with Crippen LogP contribution in [0.1, 0.15) is 87.5 Å². The van der Waals surface area contributed by atoms with E-state index in [1.165, 1.54) is 11.1 Å². The summed E-state index contributed by atoms with van der Waals surface area (Å²) in [5.41, 5.74) is 11.7. The summed E-state index contributed by atoms with van der Waals surface area (Å²) in [6.45, 7) is 14.2. The number of hydrogen-bond donors (Lipinski definition) is 5.